The monoisotopic (exact) mass is 248 g/mol. The van der Waals surface area contributed by atoms with Gasteiger partial charge in [-0.3, -0.25) is 4.79 Å². The van der Waals surface area contributed by atoms with Crippen LogP contribution in [0.1, 0.15) is 43.5 Å². The fourth-order valence-corrected chi connectivity index (χ4v) is 2.71. The Morgan fingerprint density at radius 3 is 2.89 bits per heavy atom. The average Bonchev–Trinajstić information content (AvgIpc) is 2.73. The molecule has 0 spiro atoms. The lowest BCUT2D eigenvalue weighted by Crippen LogP contribution is -2.39. The average molecular weight is 248 g/mol. The lowest BCUT2D eigenvalue weighted by molar-refractivity contribution is 0.0673. The Hall–Kier alpha value is -1.71. The van der Waals surface area contributed by atoms with E-state index in [1.807, 2.05) is 4.90 Å². The number of phenols is 1. The van der Waals surface area contributed by atoms with Crippen molar-refractivity contribution in [2.75, 3.05) is 5.73 Å². The quantitative estimate of drug-likeness (QED) is 0.623. The Morgan fingerprint density at radius 1 is 1.50 bits per heavy atom. The standard InChI is InChI=1S/C14H20N2O2/c1-3-10-8-7-9(2)16(10)14(18)11-5-4-6-12(15)13(11)17/h4-6,9-10,17H,3,7-8,15H2,1-2H3. The normalized spacial score (nSPS) is 23.3. The van der Waals surface area contributed by atoms with Crippen molar-refractivity contribution in [1.29, 1.82) is 0 Å². The number of rotatable bonds is 2. The summed E-state index contributed by atoms with van der Waals surface area (Å²) in [5.41, 5.74) is 6.20. The maximum atomic E-state index is 12.5. The molecule has 0 radical (unpaired) electrons. The van der Waals surface area contributed by atoms with Crippen molar-refractivity contribution in [3.05, 3.63) is 23.8 Å². The lowest BCUT2D eigenvalue weighted by Gasteiger charge is -2.28. The molecule has 4 nitrogen and oxygen atoms in total. The molecule has 0 aliphatic carbocycles. The second kappa shape index (κ2) is 4.88. The summed E-state index contributed by atoms with van der Waals surface area (Å²) < 4.78 is 0. The summed E-state index contributed by atoms with van der Waals surface area (Å²) in [4.78, 5) is 14.4. The van der Waals surface area contributed by atoms with Crippen molar-refractivity contribution in [1.82, 2.24) is 4.90 Å². The number of benzene rings is 1. The smallest absolute Gasteiger partial charge is 0.258 e. The first-order valence-electron chi connectivity index (χ1n) is 6.46. The Bertz CT molecular complexity index is 459. The summed E-state index contributed by atoms with van der Waals surface area (Å²) >= 11 is 0. The van der Waals surface area contributed by atoms with Gasteiger partial charge in [0.05, 0.1) is 11.3 Å². The van der Waals surface area contributed by atoms with Gasteiger partial charge in [0, 0.05) is 12.1 Å². The lowest BCUT2D eigenvalue weighted by atomic mass is 10.1. The number of amides is 1. The first-order valence-corrected chi connectivity index (χ1v) is 6.46. The van der Waals surface area contributed by atoms with Crippen molar-refractivity contribution in [2.45, 2.75) is 45.2 Å². The number of hydrogen-bond donors (Lipinski definition) is 2. The van der Waals surface area contributed by atoms with E-state index in [2.05, 4.69) is 13.8 Å². The number of hydrogen-bond acceptors (Lipinski definition) is 3. The molecule has 1 aromatic carbocycles. The van der Waals surface area contributed by atoms with Crippen LogP contribution in [0.5, 0.6) is 5.75 Å². The molecule has 3 N–H and O–H groups in total. The van der Waals surface area contributed by atoms with Crippen LogP contribution in [0.3, 0.4) is 0 Å². The molecule has 2 atom stereocenters. The molecule has 1 heterocycles. The summed E-state index contributed by atoms with van der Waals surface area (Å²) in [6.45, 7) is 4.14. The fourth-order valence-electron chi connectivity index (χ4n) is 2.71. The summed E-state index contributed by atoms with van der Waals surface area (Å²) in [7, 11) is 0. The Balaban J connectivity index is 2.33. The molecule has 0 saturated carbocycles. The number of anilines is 1. The number of carbonyl (C=O) groups excluding carboxylic acids is 1. The van der Waals surface area contributed by atoms with Crippen molar-refractivity contribution in [3.8, 4) is 5.75 Å². The summed E-state index contributed by atoms with van der Waals surface area (Å²) in [6.07, 6.45) is 3.00. The van der Waals surface area contributed by atoms with Gasteiger partial charge in [-0.25, -0.2) is 0 Å². The highest BCUT2D eigenvalue weighted by Crippen LogP contribution is 2.32. The summed E-state index contributed by atoms with van der Waals surface area (Å²) in [5, 5.41) is 9.90. The number of nitrogens with two attached hydrogens (primary N) is 1. The van der Waals surface area contributed by atoms with Crippen LogP contribution in [0.25, 0.3) is 0 Å². The molecule has 2 unspecified atom stereocenters. The maximum absolute atomic E-state index is 12.5. The van der Waals surface area contributed by atoms with Gasteiger partial charge in [-0.2, -0.15) is 0 Å². The SMILES string of the molecule is CCC1CCC(C)N1C(=O)c1cccc(N)c1O. The molecule has 0 aromatic heterocycles. The summed E-state index contributed by atoms with van der Waals surface area (Å²) in [6, 6.07) is 5.42. The molecular weight excluding hydrogens is 228 g/mol. The van der Waals surface area contributed by atoms with Crippen molar-refractivity contribution in [3.63, 3.8) is 0 Å². The van der Waals surface area contributed by atoms with Crippen LogP contribution in [0, 0.1) is 0 Å². The Kier molecular flexibility index (Phi) is 3.45. The van der Waals surface area contributed by atoms with Crippen molar-refractivity contribution in [2.24, 2.45) is 0 Å². The van der Waals surface area contributed by atoms with E-state index < -0.39 is 0 Å². The highest BCUT2D eigenvalue weighted by molar-refractivity contribution is 5.99. The zero-order valence-corrected chi connectivity index (χ0v) is 10.9. The zero-order valence-electron chi connectivity index (χ0n) is 10.9. The van der Waals surface area contributed by atoms with Gasteiger partial charge in [0.2, 0.25) is 0 Å². The molecule has 1 amide bonds. The number of aromatic hydroxyl groups is 1. The van der Waals surface area contributed by atoms with E-state index in [1.54, 1.807) is 18.2 Å². The molecule has 1 aliphatic heterocycles. The predicted molar refractivity (Wildman–Crippen MR) is 71.5 cm³/mol. The summed E-state index contributed by atoms with van der Waals surface area (Å²) in [5.74, 6) is -0.215. The largest absolute Gasteiger partial charge is 0.505 e. The highest BCUT2D eigenvalue weighted by Gasteiger charge is 2.34. The van der Waals surface area contributed by atoms with Crippen LogP contribution in [0.15, 0.2) is 18.2 Å². The van der Waals surface area contributed by atoms with E-state index in [4.69, 9.17) is 5.73 Å². The molecule has 1 aromatic rings. The van der Waals surface area contributed by atoms with Gasteiger partial charge in [0.1, 0.15) is 0 Å². The topological polar surface area (TPSA) is 66.6 Å². The van der Waals surface area contributed by atoms with Crippen LogP contribution in [0.2, 0.25) is 0 Å². The van der Waals surface area contributed by atoms with Crippen LogP contribution < -0.4 is 5.73 Å². The molecule has 1 saturated heterocycles. The Labute approximate surface area is 107 Å². The third-order valence-electron chi connectivity index (χ3n) is 3.79. The Morgan fingerprint density at radius 2 is 2.22 bits per heavy atom. The van der Waals surface area contributed by atoms with E-state index in [-0.39, 0.29) is 29.4 Å². The van der Waals surface area contributed by atoms with E-state index in [1.165, 1.54) is 0 Å². The first kappa shape index (κ1) is 12.7. The van der Waals surface area contributed by atoms with E-state index in [9.17, 15) is 9.90 Å². The maximum Gasteiger partial charge on any atom is 0.258 e. The number of carbonyl (C=O) groups is 1. The van der Waals surface area contributed by atoms with E-state index in [0.717, 1.165) is 19.3 Å². The van der Waals surface area contributed by atoms with Gasteiger partial charge in [0.15, 0.2) is 5.75 Å². The number of phenolic OH excluding ortho intramolecular Hbond substituents is 1. The van der Waals surface area contributed by atoms with Gasteiger partial charge < -0.3 is 15.7 Å². The van der Waals surface area contributed by atoms with Crippen LogP contribution in [-0.4, -0.2) is 28.0 Å². The number of likely N-dealkylation sites (tertiary alicyclic amines) is 1. The molecule has 0 bridgehead atoms. The number of nitrogens with zero attached hydrogens (tertiary/aromatic N) is 1. The molecule has 1 aliphatic rings. The minimum absolute atomic E-state index is 0.101. The molecule has 18 heavy (non-hydrogen) atoms. The van der Waals surface area contributed by atoms with Crippen molar-refractivity contribution < 1.29 is 9.90 Å². The van der Waals surface area contributed by atoms with E-state index in [0.29, 0.717) is 5.56 Å². The van der Waals surface area contributed by atoms with Crippen LogP contribution in [-0.2, 0) is 0 Å². The second-order valence-electron chi connectivity index (χ2n) is 4.94. The number of para-hydroxylation sites is 1. The second-order valence-corrected chi connectivity index (χ2v) is 4.94. The van der Waals surface area contributed by atoms with Gasteiger partial charge in [0.25, 0.3) is 5.91 Å². The number of nitrogen functional groups attached to an aromatic ring is 1. The molecule has 98 valence electrons. The van der Waals surface area contributed by atoms with Gasteiger partial charge in [-0.05, 0) is 38.3 Å². The third kappa shape index (κ3) is 2.03. The molecule has 4 heteroatoms. The minimum Gasteiger partial charge on any atom is -0.505 e. The van der Waals surface area contributed by atoms with Crippen LogP contribution >= 0.6 is 0 Å². The zero-order chi connectivity index (χ0) is 13.3. The molecule has 1 fully saturated rings. The van der Waals surface area contributed by atoms with Crippen LogP contribution in [0.4, 0.5) is 5.69 Å². The van der Waals surface area contributed by atoms with Crippen molar-refractivity contribution >= 4 is 11.6 Å². The van der Waals surface area contributed by atoms with Gasteiger partial charge in [-0.15, -0.1) is 0 Å². The van der Waals surface area contributed by atoms with Gasteiger partial charge >= 0.3 is 0 Å². The first-order chi connectivity index (χ1) is 8.56. The highest BCUT2D eigenvalue weighted by atomic mass is 16.3. The minimum atomic E-state index is -0.114. The fraction of sp³-hybridized carbons (Fsp3) is 0.500. The third-order valence-corrected chi connectivity index (χ3v) is 3.79. The molecule has 2 rings (SSSR count). The predicted octanol–water partition coefficient (Wildman–Crippen LogP) is 2.38. The van der Waals surface area contributed by atoms with E-state index >= 15 is 0 Å². The molecular formula is C14H20N2O2. The van der Waals surface area contributed by atoms with Gasteiger partial charge in [-0.1, -0.05) is 13.0 Å².